The second-order valence-electron chi connectivity index (χ2n) is 6.37. The van der Waals surface area contributed by atoms with Gasteiger partial charge >= 0.3 is 0 Å². The van der Waals surface area contributed by atoms with Crippen LogP contribution in [0.25, 0.3) is 21.8 Å². The number of para-hydroxylation sites is 1. The van der Waals surface area contributed by atoms with E-state index in [1.54, 1.807) is 30.3 Å². The van der Waals surface area contributed by atoms with Crippen molar-refractivity contribution in [2.45, 2.75) is 38.1 Å². The van der Waals surface area contributed by atoms with Crippen LogP contribution in [-0.2, 0) is 0 Å². The summed E-state index contributed by atoms with van der Waals surface area (Å²) in [5.74, 6) is 0.226. The number of fused-ring (bicyclic) bond motifs is 2. The average Bonchev–Trinajstić information content (AvgIpc) is 2.57. The summed E-state index contributed by atoms with van der Waals surface area (Å²) >= 11 is 0. The number of phenols is 2. The van der Waals surface area contributed by atoms with Crippen molar-refractivity contribution in [3.05, 3.63) is 46.6 Å². The summed E-state index contributed by atoms with van der Waals surface area (Å²) in [7, 11) is 0. The summed E-state index contributed by atoms with van der Waals surface area (Å²) in [6, 6.07) is 10.3. The Balaban J connectivity index is 2.18. The average molecular weight is 309 g/mol. The van der Waals surface area contributed by atoms with Gasteiger partial charge in [-0.3, -0.25) is 4.79 Å². The Hall–Kier alpha value is -2.49. The predicted octanol–water partition coefficient (Wildman–Crippen LogP) is 4.07. The SMILES string of the molecule is O=c1c2cc(O)ccc2n(C2CCCCC2)c2c(O)cccc12. The Bertz CT molecular complexity index is 945. The van der Waals surface area contributed by atoms with Crippen molar-refractivity contribution in [2.75, 3.05) is 0 Å². The molecule has 0 spiro atoms. The maximum Gasteiger partial charge on any atom is 0.197 e. The second-order valence-corrected chi connectivity index (χ2v) is 6.37. The van der Waals surface area contributed by atoms with Gasteiger partial charge in [0.25, 0.3) is 0 Å². The zero-order valence-corrected chi connectivity index (χ0v) is 12.8. The fourth-order valence-corrected chi connectivity index (χ4v) is 3.87. The molecule has 1 aromatic heterocycles. The van der Waals surface area contributed by atoms with Crippen LogP contribution in [-0.4, -0.2) is 14.8 Å². The fraction of sp³-hybridized carbons (Fsp3) is 0.316. The molecule has 4 rings (SSSR count). The van der Waals surface area contributed by atoms with Gasteiger partial charge in [0.2, 0.25) is 0 Å². The zero-order valence-electron chi connectivity index (χ0n) is 12.8. The molecule has 0 atom stereocenters. The largest absolute Gasteiger partial charge is 0.508 e. The Morgan fingerprint density at radius 3 is 2.52 bits per heavy atom. The first-order valence-electron chi connectivity index (χ1n) is 8.16. The van der Waals surface area contributed by atoms with E-state index in [4.69, 9.17) is 0 Å². The molecule has 3 aromatic rings. The molecule has 0 radical (unpaired) electrons. The molecule has 1 aliphatic carbocycles. The van der Waals surface area contributed by atoms with Gasteiger partial charge < -0.3 is 14.8 Å². The number of hydrogen-bond acceptors (Lipinski definition) is 3. The minimum Gasteiger partial charge on any atom is -0.508 e. The Labute approximate surface area is 133 Å². The third-order valence-corrected chi connectivity index (χ3v) is 4.92. The van der Waals surface area contributed by atoms with Crippen molar-refractivity contribution >= 4 is 21.8 Å². The molecule has 1 aliphatic rings. The number of nitrogens with zero attached hydrogens (tertiary/aromatic N) is 1. The van der Waals surface area contributed by atoms with Gasteiger partial charge in [-0.15, -0.1) is 0 Å². The smallest absolute Gasteiger partial charge is 0.197 e. The monoisotopic (exact) mass is 309 g/mol. The second kappa shape index (κ2) is 5.30. The van der Waals surface area contributed by atoms with Crippen LogP contribution in [0.5, 0.6) is 11.5 Å². The van der Waals surface area contributed by atoms with Crippen LogP contribution >= 0.6 is 0 Å². The van der Waals surface area contributed by atoms with Gasteiger partial charge in [-0.05, 0) is 43.2 Å². The molecule has 4 nitrogen and oxygen atoms in total. The fourth-order valence-electron chi connectivity index (χ4n) is 3.87. The lowest BCUT2D eigenvalue weighted by molar-refractivity contribution is 0.363. The first-order chi connectivity index (χ1) is 11.2. The number of aromatic hydroxyl groups is 2. The Morgan fingerprint density at radius 2 is 1.74 bits per heavy atom. The van der Waals surface area contributed by atoms with Gasteiger partial charge in [-0.1, -0.05) is 25.3 Å². The molecule has 1 fully saturated rings. The highest BCUT2D eigenvalue weighted by atomic mass is 16.3. The highest BCUT2D eigenvalue weighted by Gasteiger charge is 2.22. The molecule has 0 saturated heterocycles. The minimum atomic E-state index is -0.145. The number of benzene rings is 2. The van der Waals surface area contributed by atoms with E-state index in [2.05, 4.69) is 4.57 Å². The van der Waals surface area contributed by atoms with Crippen molar-refractivity contribution in [1.82, 2.24) is 4.57 Å². The summed E-state index contributed by atoms with van der Waals surface area (Å²) in [6.07, 6.45) is 5.64. The van der Waals surface area contributed by atoms with Gasteiger partial charge in [-0.2, -0.15) is 0 Å². The first-order valence-corrected chi connectivity index (χ1v) is 8.16. The number of rotatable bonds is 1. The van der Waals surface area contributed by atoms with Gasteiger partial charge in [-0.25, -0.2) is 0 Å². The number of aromatic nitrogens is 1. The van der Waals surface area contributed by atoms with E-state index in [-0.39, 0.29) is 23.0 Å². The Morgan fingerprint density at radius 1 is 0.957 bits per heavy atom. The van der Waals surface area contributed by atoms with Crippen LogP contribution in [0.4, 0.5) is 0 Å². The molecule has 118 valence electrons. The van der Waals surface area contributed by atoms with Crippen LogP contribution in [0.2, 0.25) is 0 Å². The van der Waals surface area contributed by atoms with E-state index < -0.39 is 0 Å². The van der Waals surface area contributed by atoms with E-state index in [0.29, 0.717) is 16.3 Å². The van der Waals surface area contributed by atoms with Crippen molar-refractivity contribution in [1.29, 1.82) is 0 Å². The molecule has 23 heavy (non-hydrogen) atoms. The third-order valence-electron chi connectivity index (χ3n) is 4.92. The van der Waals surface area contributed by atoms with Crippen molar-refractivity contribution in [2.24, 2.45) is 0 Å². The quantitative estimate of drug-likeness (QED) is 0.666. The molecule has 0 bridgehead atoms. The molecule has 0 unspecified atom stereocenters. The van der Waals surface area contributed by atoms with Gasteiger partial charge in [0.1, 0.15) is 11.5 Å². The highest BCUT2D eigenvalue weighted by molar-refractivity contribution is 5.96. The molecule has 0 aliphatic heterocycles. The summed E-state index contributed by atoms with van der Waals surface area (Å²) in [6.45, 7) is 0. The Kier molecular flexibility index (Phi) is 3.26. The van der Waals surface area contributed by atoms with Gasteiger partial charge in [0, 0.05) is 11.4 Å². The van der Waals surface area contributed by atoms with E-state index >= 15 is 0 Å². The molecule has 2 N–H and O–H groups in total. The third kappa shape index (κ3) is 2.17. The molecular formula is C19H19NO3. The van der Waals surface area contributed by atoms with Crippen LogP contribution in [0, 0.1) is 0 Å². The summed E-state index contributed by atoms with van der Waals surface area (Å²) in [5.41, 5.74) is 1.25. The molecule has 1 heterocycles. The summed E-state index contributed by atoms with van der Waals surface area (Å²) in [4.78, 5) is 12.8. The van der Waals surface area contributed by atoms with Crippen molar-refractivity contribution in [3.8, 4) is 11.5 Å². The van der Waals surface area contributed by atoms with Crippen LogP contribution in [0.3, 0.4) is 0 Å². The minimum absolute atomic E-state index is 0.0873. The lowest BCUT2D eigenvalue weighted by Gasteiger charge is -2.28. The van der Waals surface area contributed by atoms with E-state index in [1.807, 2.05) is 0 Å². The van der Waals surface area contributed by atoms with E-state index in [0.717, 1.165) is 31.2 Å². The maximum atomic E-state index is 12.8. The standard InChI is InChI=1S/C19H19NO3/c21-13-9-10-16-15(11-13)19(23)14-7-4-8-17(22)18(14)20(16)12-5-2-1-3-6-12/h4,7-12,21-22H,1-3,5-6H2. The summed E-state index contributed by atoms with van der Waals surface area (Å²) < 4.78 is 2.11. The van der Waals surface area contributed by atoms with Crippen LogP contribution in [0.15, 0.2) is 41.2 Å². The van der Waals surface area contributed by atoms with E-state index in [1.165, 1.54) is 12.5 Å². The van der Waals surface area contributed by atoms with Crippen molar-refractivity contribution < 1.29 is 10.2 Å². The topological polar surface area (TPSA) is 62.5 Å². The number of phenolic OH excluding ortho intramolecular Hbond substituents is 2. The molecule has 1 saturated carbocycles. The zero-order chi connectivity index (χ0) is 16.0. The molecule has 0 amide bonds. The molecule has 4 heteroatoms. The van der Waals surface area contributed by atoms with Crippen molar-refractivity contribution in [3.63, 3.8) is 0 Å². The van der Waals surface area contributed by atoms with Crippen LogP contribution in [0.1, 0.15) is 38.1 Å². The lowest BCUT2D eigenvalue weighted by atomic mass is 9.94. The van der Waals surface area contributed by atoms with Gasteiger partial charge in [0.15, 0.2) is 5.43 Å². The van der Waals surface area contributed by atoms with Gasteiger partial charge in [0.05, 0.1) is 16.4 Å². The number of pyridine rings is 1. The first kappa shape index (κ1) is 14.1. The molecular weight excluding hydrogens is 290 g/mol. The maximum absolute atomic E-state index is 12.8. The number of hydrogen-bond donors (Lipinski definition) is 2. The summed E-state index contributed by atoms with van der Waals surface area (Å²) in [5, 5.41) is 21.2. The lowest BCUT2D eigenvalue weighted by Crippen LogP contribution is -2.18. The predicted molar refractivity (Wildman–Crippen MR) is 91.2 cm³/mol. The highest BCUT2D eigenvalue weighted by Crippen LogP contribution is 2.36. The molecule has 2 aromatic carbocycles. The van der Waals surface area contributed by atoms with Crippen LogP contribution < -0.4 is 5.43 Å². The van der Waals surface area contributed by atoms with E-state index in [9.17, 15) is 15.0 Å². The normalized spacial score (nSPS) is 16.2.